The molecule has 0 aliphatic heterocycles. The Morgan fingerprint density at radius 3 is 2.37 bits per heavy atom. The minimum atomic E-state index is 0.778. The van der Waals surface area contributed by atoms with Crippen LogP contribution in [0, 0.1) is 20.8 Å². The summed E-state index contributed by atoms with van der Waals surface area (Å²) < 4.78 is 5.41. The highest BCUT2D eigenvalue weighted by Crippen LogP contribution is 2.30. The maximum absolute atomic E-state index is 5.41. The Bertz CT molecular complexity index is 564. The van der Waals surface area contributed by atoms with Crippen LogP contribution in [0.25, 0.3) is 11.3 Å². The summed E-state index contributed by atoms with van der Waals surface area (Å²) in [6, 6.07) is 4.25. The summed E-state index contributed by atoms with van der Waals surface area (Å²) in [5, 5.41) is 3.16. The van der Waals surface area contributed by atoms with Gasteiger partial charge in [-0.05, 0) is 51.1 Å². The SMILES string of the molecule is CNCc1[nH]c(C)nc1-c1cc(C)c(OC)c(C)c1. The van der Waals surface area contributed by atoms with Crippen molar-refractivity contribution in [3.63, 3.8) is 0 Å². The molecule has 0 aliphatic carbocycles. The summed E-state index contributed by atoms with van der Waals surface area (Å²) in [5.41, 5.74) is 5.53. The lowest BCUT2D eigenvalue weighted by atomic mass is 10.0. The number of hydrogen-bond donors (Lipinski definition) is 2. The molecule has 1 aromatic carbocycles. The predicted octanol–water partition coefficient (Wildman–Crippen LogP) is 2.73. The standard InChI is InChI=1S/C15H21N3O/c1-9-6-12(7-10(2)15(9)19-5)14-13(8-16-4)17-11(3)18-14/h6-7,16H,8H2,1-5H3,(H,17,18). The lowest BCUT2D eigenvalue weighted by Gasteiger charge is -2.11. The van der Waals surface area contributed by atoms with Crippen LogP contribution in [0.15, 0.2) is 12.1 Å². The van der Waals surface area contributed by atoms with Crippen molar-refractivity contribution in [2.75, 3.05) is 14.2 Å². The summed E-state index contributed by atoms with van der Waals surface area (Å²) >= 11 is 0. The summed E-state index contributed by atoms with van der Waals surface area (Å²) in [4.78, 5) is 7.91. The van der Waals surface area contributed by atoms with E-state index in [4.69, 9.17) is 4.74 Å². The van der Waals surface area contributed by atoms with Crippen molar-refractivity contribution >= 4 is 0 Å². The van der Waals surface area contributed by atoms with E-state index in [1.165, 1.54) is 0 Å². The van der Waals surface area contributed by atoms with Gasteiger partial charge in [0.1, 0.15) is 11.6 Å². The third-order valence-corrected chi connectivity index (χ3v) is 3.19. The lowest BCUT2D eigenvalue weighted by molar-refractivity contribution is 0.408. The van der Waals surface area contributed by atoms with E-state index >= 15 is 0 Å². The van der Waals surface area contributed by atoms with Gasteiger partial charge in [0.15, 0.2) is 0 Å². The number of ether oxygens (including phenoxy) is 1. The Kier molecular flexibility index (Phi) is 3.90. The van der Waals surface area contributed by atoms with Gasteiger partial charge in [-0.2, -0.15) is 0 Å². The van der Waals surface area contributed by atoms with Crippen LogP contribution in [0.5, 0.6) is 5.75 Å². The second-order valence-electron chi connectivity index (χ2n) is 4.82. The smallest absolute Gasteiger partial charge is 0.124 e. The Morgan fingerprint density at radius 1 is 1.21 bits per heavy atom. The molecule has 0 unspecified atom stereocenters. The summed E-state index contributed by atoms with van der Waals surface area (Å²) in [5.74, 6) is 1.89. The van der Waals surface area contributed by atoms with Gasteiger partial charge in [0.2, 0.25) is 0 Å². The largest absolute Gasteiger partial charge is 0.496 e. The highest BCUT2D eigenvalue weighted by atomic mass is 16.5. The van der Waals surface area contributed by atoms with Gasteiger partial charge < -0.3 is 15.0 Å². The van der Waals surface area contributed by atoms with E-state index in [2.05, 4.69) is 41.3 Å². The van der Waals surface area contributed by atoms with Gasteiger partial charge in [0.05, 0.1) is 18.5 Å². The van der Waals surface area contributed by atoms with E-state index in [0.717, 1.165) is 46.2 Å². The molecule has 1 aromatic heterocycles. The molecular formula is C15H21N3O. The average molecular weight is 259 g/mol. The molecule has 0 amide bonds. The molecule has 0 aliphatic rings. The quantitative estimate of drug-likeness (QED) is 0.887. The van der Waals surface area contributed by atoms with Crippen LogP contribution in [-0.4, -0.2) is 24.1 Å². The monoisotopic (exact) mass is 259 g/mol. The number of methoxy groups -OCH3 is 1. The number of aromatic amines is 1. The van der Waals surface area contributed by atoms with Crippen molar-refractivity contribution in [1.82, 2.24) is 15.3 Å². The second-order valence-corrected chi connectivity index (χ2v) is 4.82. The summed E-state index contributed by atoms with van der Waals surface area (Å²) in [6.07, 6.45) is 0. The van der Waals surface area contributed by atoms with Crippen molar-refractivity contribution < 1.29 is 4.74 Å². The van der Waals surface area contributed by atoms with Crippen LogP contribution in [0.3, 0.4) is 0 Å². The highest BCUT2D eigenvalue weighted by Gasteiger charge is 2.13. The minimum absolute atomic E-state index is 0.778. The zero-order valence-electron chi connectivity index (χ0n) is 12.2. The predicted molar refractivity (Wildman–Crippen MR) is 77.6 cm³/mol. The molecule has 0 bridgehead atoms. The molecule has 0 fully saturated rings. The molecule has 2 N–H and O–H groups in total. The van der Waals surface area contributed by atoms with Crippen molar-refractivity contribution in [1.29, 1.82) is 0 Å². The average Bonchev–Trinajstić information content (AvgIpc) is 2.70. The zero-order chi connectivity index (χ0) is 14.0. The van der Waals surface area contributed by atoms with E-state index in [0.29, 0.717) is 0 Å². The number of nitrogens with zero attached hydrogens (tertiary/aromatic N) is 1. The third kappa shape index (κ3) is 2.63. The molecule has 2 rings (SSSR count). The maximum atomic E-state index is 5.41. The minimum Gasteiger partial charge on any atom is -0.496 e. The number of imidazole rings is 1. The molecule has 0 atom stereocenters. The second kappa shape index (κ2) is 5.45. The molecule has 0 radical (unpaired) electrons. The highest BCUT2D eigenvalue weighted by molar-refractivity contribution is 5.66. The fraction of sp³-hybridized carbons (Fsp3) is 0.400. The lowest BCUT2D eigenvalue weighted by Crippen LogP contribution is -2.06. The van der Waals surface area contributed by atoms with Gasteiger partial charge in [-0.1, -0.05) is 0 Å². The molecule has 2 aromatic rings. The van der Waals surface area contributed by atoms with Crippen molar-refractivity contribution in [3.05, 3.63) is 34.8 Å². The molecule has 0 saturated heterocycles. The first-order chi connectivity index (χ1) is 9.06. The number of aryl methyl sites for hydroxylation is 3. The number of aromatic nitrogens is 2. The van der Waals surface area contributed by atoms with Crippen LogP contribution < -0.4 is 10.1 Å². The van der Waals surface area contributed by atoms with Gasteiger partial charge in [-0.15, -0.1) is 0 Å². The van der Waals surface area contributed by atoms with Crippen LogP contribution in [0.2, 0.25) is 0 Å². The van der Waals surface area contributed by atoms with Gasteiger partial charge in [-0.3, -0.25) is 0 Å². The molecule has 4 heteroatoms. The molecule has 0 spiro atoms. The van der Waals surface area contributed by atoms with E-state index in [1.807, 2.05) is 14.0 Å². The Labute approximate surface area is 114 Å². The maximum Gasteiger partial charge on any atom is 0.124 e. The Morgan fingerprint density at radius 2 is 1.84 bits per heavy atom. The first-order valence-corrected chi connectivity index (χ1v) is 6.42. The summed E-state index contributed by atoms with van der Waals surface area (Å²) in [7, 11) is 3.64. The molecular weight excluding hydrogens is 238 g/mol. The van der Waals surface area contributed by atoms with Crippen LogP contribution in [-0.2, 0) is 6.54 Å². The zero-order valence-corrected chi connectivity index (χ0v) is 12.2. The van der Waals surface area contributed by atoms with Gasteiger partial charge in [0.25, 0.3) is 0 Å². The van der Waals surface area contributed by atoms with Gasteiger partial charge in [0, 0.05) is 12.1 Å². The number of hydrogen-bond acceptors (Lipinski definition) is 3. The Hall–Kier alpha value is -1.81. The molecule has 102 valence electrons. The van der Waals surface area contributed by atoms with Crippen LogP contribution in [0.1, 0.15) is 22.6 Å². The number of rotatable bonds is 4. The molecule has 1 heterocycles. The number of benzene rings is 1. The van der Waals surface area contributed by atoms with Crippen molar-refractivity contribution in [3.8, 4) is 17.0 Å². The van der Waals surface area contributed by atoms with E-state index < -0.39 is 0 Å². The first kappa shape index (κ1) is 13.6. The summed E-state index contributed by atoms with van der Waals surface area (Å²) in [6.45, 7) is 6.88. The fourth-order valence-corrected chi connectivity index (χ4v) is 2.49. The van der Waals surface area contributed by atoms with E-state index in [9.17, 15) is 0 Å². The van der Waals surface area contributed by atoms with Gasteiger partial charge in [-0.25, -0.2) is 4.98 Å². The van der Waals surface area contributed by atoms with Crippen molar-refractivity contribution in [2.45, 2.75) is 27.3 Å². The van der Waals surface area contributed by atoms with Crippen LogP contribution in [0.4, 0.5) is 0 Å². The number of H-pyrrole nitrogens is 1. The van der Waals surface area contributed by atoms with Crippen LogP contribution >= 0.6 is 0 Å². The van der Waals surface area contributed by atoms with Gasteiger partial charge >= 0.3 is 0 Å². The number of nitrogens with one attached hydrogen (secondary N) is 2. The topological polar surface area (TPSA) is 49.9 Å². The van der Waals surface area contributed by atoms with Crippen molar-refractivity contribution in [2.24, 2.45) is 0 Å². The fourth-order valence-electron chi connectivity index (χ4n) is 2.49. The Balaban J connectivity index is 2.53. The van der Waals surface area contributed by atoms with E-state index in [-0.39, 0.29) is 0 Å². The molecule has 19 heavy (non-hydrogen) atoms. The third-order valence-electron chi connectivity index (χ3n) is 3.19. The molecule has 4 nitrogen and oxygen atoms in total. The molecule has 0 saturated carbocycles. The normalized spacial score (nSPS) is 10.8. The van der Waals surface area contributed by atoms with E-state index in [1.54, 1.807) is 7.11 Å². The first-order valence-electron chi connectivity index (χ1n) is 6.42.